The molecule has 4 fully saturated rings. The van der Waals surface area contributed by atoms with E-state index in [4.69, 9.17) is 32.4 Å². The molecule has 10 heteroatoms. The molecule has 0 aromatic heterocycles. The van der Waals surface area contributed by atoms with Crippen LogP contribution in [0.15, 0.2) is 30.3 Å². The number of hydrogen-bond donors (Lipinski definition) is 0. The van der Waals surface area contributed by atoms with Gasteiger partial charge in [0.05, 0.1) is 38.2 Å². The van der Waals surface area contributed by atoms with E-state index in [1.807, 2.05) is 44.2 Å². The van der Waals surface area contributed by atoms with Crippen molar-refractivity contribution in [3.05, 3.63) is 35.9 Å². The molecule has 4 bridgehead atoms. The molecule has 1 aromatic rings. The summed E-state index contributed by atoms with van der Waals surface area (Å²) in [6.07, 6.45) is -1.65. The first-order valence-electron chi connectivity index (χ1n) is 12.7. The van der Waals surface area contributed by atoms with E-state index in [-0.39, 0.29) is 41.5 Å². The summed E-state index contributed by atoms with van der Waals surface area (Å²) in [5, 5.41) is -0.0000112. The maximum Gasteiger partial charge on any atom is 0.331 e. The molecular formula is C25H41O8PSi. The first-order valence-corrected chi connectivity index (χ1v) is 17.3. The zero-order valence-corrected chi connectivity index (χ0v) is 23.9. The van der Waals surface area contributed by atoms with E-state index in [1.54, 1.807) is 0 Å². The van der Waals surface area contributed by atoms with Gasteiger partial charge in [0, 0.05) is 5.92 Å². The van der Waals surface area contributed by atoms with Gasteiger partial charge >= 0.3 is 7.60 Å². The highest BCUT2D eigenvalue weighted by atomic mass is 31.2. The molecule has 8 nitrogen and oxygen atoms in total. The van der Waals surface area contributed by atoms with Crippen LogP contribution in [-0.4, -0.2) is 64.7 Å². The highest BCUT2D eigenvalue weighted by molar-refractivity contribution is 7.53. The van der Waals surface area contributed by atoms with E-state index < -0.39 is 28.5 Å². The van der Waals surface area contributed by atoms with E-state index in [9.17, 15) is 4.57 Å². The molecule has 0 amide bonds. The van der Waals surface area contributed by atoms with Gasteiger partial charge in [-0.05, 0) is 37.5 Å². The summed E-state index contributed by atoms with van der Waals surface area (Å²) in [7, 11) is -5.55. The average Bonchev–Trinajstić information content (AvgIpc) is 2.78. The van der Waals surface area contributed by atoms with Crippen LogP contribution in [0, 0.1) is 5.92 Å². The molecule has 35 heavy (non-hydrogen) atoms. The zero-order chi connectivity index (χ0) is 25.4. The lowest BCUT2D eigenvalue weighted by Crippen LogP contribution is -2.75. The van der Waals surface area contributed by atoms with Gasteiger partial charge in [0.2, 0.25) is 0 Å². The van der Waals surface area contributed by atoms with Crippen LogP contribution < -0.4 is 0 Å². The largest absolute Gasteiger partial charge is 0.408 e. The Morgan fingerprint density at radius 2 is 1.49 bits per heavy atom. The number of rotatable bonds is 11. The summed E-state index contributed by atoms with van der Waals surface area (Å²) in [4.78, 5) is 0. The van der Waals surface area contributed by atoms with Crippen LogP contribution in [-0.2, 0) is 43.6 Å². The third-order valence-corrected chi connectivity index (χ3v) is 14.2. The van der Waals surface area contributed by atoms with Crippen LogP contribution in [0.4, 0.5) is 0 Å². The van der Waals surface area contributed by atoms with Crippen molar-refractivity contribution in [3.63, 3.8) is 0 Å². The summed E-state index contributed by atoms with van der Waals surface area (Å²) < 4.78 is 56.7. The average molecular weight is 529 g/mol. The second kappa shape index (κ2) is 10.6. The SMILES string of the molecule is CCOP(=O)(C[C@@H]1[C@H]2O[C@@H]3O[C@@H]([C@@H](OCc4ccccc4)[C@H]1O3)[C@@H]2O[Si](C)(C)C(C)(C)C)OCC. The fourth-order valence-electron chi connectivity index (χ4n) is 4.84. The van der Waals surface area contributed by atoms with Gasteiger partial charge in [-0.2, -0.15) is 0 Å². The number of benzene rings is 1. The van der Waals surface area contributed by atoms with E-state index in [0.29, 0.717) is 19.8 Å². The van der Waals surface area contributed by atoms with Gasteiger partial charge in [0.1, 0.15) is 18.3 Å². The molecule has 1 aliphatic carbocycles. The van der Waals surface area contributed by atoms with Crippen molar-refractivity contribution in [2.45, 2.75) is 96.4 Å². The van der Waals surface area contributed by atoms with Gasteiger partial charge in [-0.15, -0.1) is 0 Å². The Morgan fingerprint density at radius 3 is 2.06 bits per heavy atom. The lowest BCUT2D eigenvalue weighted by atomic mass is 9.77. The molecule has 198 valence electrons. The van der Waals surface area contributed by atoms with E-state index in [0.717, 1.165) is 5.56 Å². The molecule has 5 rings (SSSR count). The second-order valence-corrected chi connectivity index (χ2v) is 17.8. The molecule has 0 N–H and O–H groups in total. The highest BCUT2D eigenvalue weighted by Crippen LogP contribution is 2.56. The fraction of sp³-hybridized carbons (Fsp3) is 0.760. The van der Waals surface area contributed by atoms with Crippen molar-refractivity contribution in [3.8, 4) is 0 Å². The minimum Gasteiger partial charge on any atom is -0.408 e. The monoisotopic (exact) mass is 528 g/mol. The number of ether oxygens (including phenoxy) is 4. The molecule has 3 aliphatic heterocycles. The Hall–Kier alpha value is -0.613. The summed E-state index contributed by atoms with van der Waals surface area (Å²) in [6, 6.07) is 10.0. The second-order valence-electron chi connectivity index (χ2n) is 11.0. The molecule has 3 saturated heterocycles. The Labute approximate surface area is 210 Å². The maximum atomic E-state index is 13.6. The summed E-state index contributed by atoms with van der Waals surface area (Å²) in [5.74, 6) is -0.286. The minimum absolute atomic E-state index is 0.0000112. The molecule has 0 spiro atoms. The van der Waals surface area contributed by atoms with Crippen molar-refractivity contribution >= 4 is 15.9 Å². The Balaban J connectivity index is 1.65. The molecule has 0 radical (unpaired) electrons. The quantitative estimate of drug-likeness (QED) is 0.282. The van der Waals surface area contributed by atoms with Gasteiger partial charge < -0.3 is 32.4 Å². The first-order chi connectivity index (χ1) is 16.5. The Bertz CT molecular complexity index is 881. The van der Waals surface area contributed by atoms with Gasteiger partial charge in [-0.1, -0.05) is 51.1 Å². The molecular weight excluding hydrogens is 487 g/mol. The van der Waals surface area contributed by atoms with Crippen LogP contribution in [0.1, 0.15) is 40.2 Å². The van der Waals surface area contributed by atoms with E-state index in [2.05, 4.69) is 33.9 Å². The predicted molar refractivity (Wildman–Crippen MR) is 135 cm³/mol. The Kier molecular flexibility index (Phi) is 8.33. The van der Waals surface area contributed by atoms with Gasteiger partial charge in [-0.25, -0.2) is 0 Å². The lowest BCUT2D eigenvalue weighted by Gasteiger charge is -2.60. The van der Waals surface area contributed by atoms with Crippen molar-refractivity contribution < 1.29 is 37.0 Å². The van der Waals surface area contributed by atoms with Crippen molar-refractivity contribution in [2.75, 3.05) is 19.4 Å². The smallest absolute Gasteiger partial charge is 0.331 e. The van der Waals surface area contributed by atoms with Gasteiger partial charge in [0.25, 0.3) is 6.48 Å². The van der Waals surface area contributed by atoms with Crippen molar-refractivity contribution in [2.24, 2.45) is 5.92 Å². The van der Waals surface area contributed by atoms with Crippen LogP contribution in [0.3, 0.4) is 0 Å². The molecule has 4 aliphatic rings. The lowest BCUT2D eigenvalue weighted by molar-refractivity contribution is -0.477. The first kappa shape index (κ1) is 27.4. The van der Waals surface area contributed by atoms with Crippen LogP contribution in [0.5, 0.6) is 0 Å². The fourth-order valence-corrected chi connectivity index (χ4v) is 8.14. The molecule has 1 aromatic carbocycles. The summed E-state index contributed by atoms with van der Waals surface area (Å²) in [5.41, 5.74) is 1.06. The van der Waals surface area contributed by atoms with E-state index in [1.165, 1.54) is 0 Å². The third kappa shape index (κ3) is 5.79. The van der Waals surface area contributed by atoms with Crippen LogP contribution in [0.2, 0.25) is 18.1 Å². The van der Waals surface area contributed by atoms with Crippen LogP contribution in [0.25, 0.3) is 0 Å². The van der Waals surface area contributed by atoms with Crippen molar-refractivity contribution in [1.29, 1.82) is 0 Å². The van der Waals surface area contributed by atoms with E-state index >= 15 is 0 Å². The van der Waals surface area contributed by atoms with Crippen LogP contribution >= 0.6 is 7.60 Å². The maximum absolute atomic E-state index is 13.6. The molecule has 1 saturated carbocycles. The highest BCUT2D eigenvalue weighted by Gasteiger charge is 2.65. The topological polar surface area (TPSA) is 81.7 Å². The predicted octanol–water partition coefficient (Wildman–Crippen LogP) is 5.32. The standard InChI is InChI=1S/C25H41O8PSi/c1-8-28-34(26,29-9-2)16-18-19-21(27-15-17-13-11-10-12-14-17)22-23(20(18)31-24(30-19)32-22)33-35(6,7)25(3,4)5/h10-14,18-24H,8-9,15-16H2,1-7H3/t18-,19-,20+,21-,22-,23+,24+/m0/s1. The normalized spacial score (nSPS) is 32.8. The van der Waals surface area contributed by atoms with Gasteiger partial charge in [0.15, 0.2) is 8.32 Å². The zero-order valence-electron chi connectivity index (χ0n) is 22.0. The molecule has 0 unspecified atom stereocenters. The minimum atomic E-state index is -3.36. The number of hydrogen-bond acceptors (Lipinski definition) is 8. The third-order valence-electron chi connectivity index (χ3n) is 7.55. The summed E-state index contributed by atoms with van der Waals surface area (Å²) in [6.45, 7) is 14.9. The Morgan fingerprint density at radius 1 is 0.914 bits per heavy atom. The van der Waals surface area contributed by atoms with Crippen molar-refractivity contribution in [1.82, 2.24) is 0 Å². The molecule has 7 atom stereocenters. The summed E-state index contributed by atoms with van der Waals surface area (Å²) >= 11 is 0. The van der Waals surface area contributed by atoms with Gasteiger partial charge in [-0.3, -0.25) is 4.57 Å². The molecule has 3 heterocycles.